The zero-order valence-corrected chi connectivity index (χ0v) is 42.6. The maximum absolute atomic E-state index is 15.3. The van der Waals surface area contributed by atoms with E-state index in [0.717, 1.165) is 18.4 Å². The van der Waals surface area contributed by atoms with Crippen molar-refractivity contribution in [3.05, 3.63) is 124 Å². The SMILES string of the molecule is C=CCOC12Oc3ccc(OC(=O)Nc4ccc(OC)cc4OC)cc3C3C(CCCCO)C(CCCCO)C=C(C(=NOC4CCCCO4)CC1N(Cc1ccc4c(c1)OCO4)C(=O)Oc1ccc([N+](=O)[O-])cc1)C32. The molecule has 3 aliphatic heterocycles. The molecular formula is C56H64N4O16. The lowest BCUT2D eigenvalue weighted by Gasteiger charge is -2.59. The van der Waals surface area contributed by atoms with Crippen molar-refractivity contribution >= 4 is 29.3 Å². The van der Waals surface area contributed by atoms with Crippen molar-refractivity contribution in [3.8, 4) is 40.2 Å². The Morgan fingerprint density at radius 3 is 2.39 bits per heavy atom. The van der Waals surface area contributed by atoms with Crippen LogP contribution in [0.2, 0.25) is 0 Å². The molecule has 9 rings (SSSR count). The minimum Gasteiger partial charge on any atom is -0.497 e. The van der Waals surface area contributed by atoms with Gasteiger partial charge in [0.1, 0.15) is 34.8 Å². The van der Waals surface area contributed by atoms with Crippen LogP contribution in [0.25, 0.3) is 0 Å². The van der Waals surface area contributed by atoms with Crippen molar-refractivity contribution in [2.24, 2.45) is 22.9 Å². The number of aliphatic hydroxyl groups is 2. The number of anilines is 1. The Hall–Kier alpha value is -7.39. The molecule has 3 heterocycles. The predicted octanol–water partition coefficient (Wildman–Crippen LogP) is 9.81. The number of rotatable bonds is 22. The highest BCUT2D eigenvalue weighted by molar-refractivity contribution is 6.03. The smallest absolute Gasteiger partial charge is 0.417 e. The third-order valence-corrected chi connectivity index (χ3v) is 14.6. The molecule has 0 spiro atoms. The molecule has 2 aliphatic carbocycles. The number of ether oxygens (including phenoxy) is 9. The summed E-state index contributed by atoms with van der Waals surface area (Å²) in [6.07, 6.45) is 7.80. The summed E-state index contributed by atoms with van der Waals surface area (Å²) >= 11 is 0. The van der Waals surface area contributed by atoms with Crippen molar-refractivity contribution in [2.45, 2.75) is 94.8 Å². The van der Waals surface area contributed by atoms with Crippen LogP contribution in [0.1, 0.15) is 81.3 Å². The number of nitro benzene ring substituents is 1. The van der Waals surface area contributed by atoms with E-state index < -0.39 is 47.1 Å². The molecule has 7 unspecified atom stereocenters. The predicted molar refractivity (Wildman–Crippen MR) is 276 cm³/mol. The maximum atomic E-state index is 15.3. The fourth-order valence-corrected chi connectivity index (χ4v) is 11.1. The zero-order chi connectivity index (χ0) is 53.2. The number of methoxy groups -OCH3 is 2. The first kappa shape index (κ1) is 53.4. The number of nitro groups is 1. The van der Waals surface area contributed by atoms with Crippen molar-refractivity contribution in [3.63, 3.8) is 0 Å². The molecule has 5 aliphatic rings. The van der Waals surface area contributed by atoms with Gasteiger partial charge in [-0.3, -0.25) is 20.3 Å². The number of aliphatic hydroxyl groups excluding tert-OH is 2. The van der Waals surface area contributed by atoms with E-state index in [1.807, 2.05) is 6.07 Å². The van der Waals surface area contributed by atoms with Gasteiger partial charge in [-0.2, -0.15) is 0 Å². The number of nitrogens with one attached hydrogen (secondary N) is 1. The second-order valence-corrected chi connectivity index (χ2v) is 19.2. The van der Waals surface area contributed by atoms with Gasteiger partial charge < -0.3 is 57.7 Å². The standard InChI is InChI=1S/C56H64N4O16/c1-4-26-72-56-50(59(33-35-14-22-47-49(28-35)71-34-70-47)55(64)74-38-17-15-37(16-18-38)60(65)66)32-45(58-76-51-13-7-10-27-69-51)42-29-36(11-5-8-24-61)41(12-6-9-25-62)52(53(42)56)43-30-40(20-23-46(43)75-56)73-54(63)57-44-21-19-39(67-2)31-48(44)68-3/h4,14-23,28-31,36,41,50-53,61-62H,1,5-13,24-27,32-34H2,2-3H3,(H,57,63). The van der Waals surface area contributed by atoms with E-state index in [4.69, 9.17) is 52.6 Å². The zero-order valence-electron chi connectivity index (χ0n) is 42.6. The summed E-state index contributed by atoms with van der Waals surface area (Å²) in [6, 6.07) is 19.7. The fourth-order valence-electron chi connectivity index (χ4n) is 11.1. The summed E-state index contributed by atoms with van der Waals surface area (Å²) in [5.74, 6) is -0.650. The lowest BCUT2D eigenvalue weighted by atomic mass is 9.55. The van der Waals surface area contributed by atoms with Crippen LogP contribution in [0, 0.1) is 27.9 Å². The molecule has 3 N–H and O–H groups in total. The van der Waals surface area contributed by atoms with E-state index in [0.29, 0.717) is 103 Å². The maximum Gasteiger partial charge on any atom is 0.417 e. The van der Waals surface area contributed by atoms with Gasteiger partial charge in [-0.05, 0) is 116 Å². The summed E-state index contributed by atoms with van der Waals surface area (Å²) in [6.45, 7) is 4.46. The second kappa shape index (κ2) is 24.5. The number of carbonyl (C=O) groups is 2. The molecule has 4 aromatic rings. The topological polar surface area (TPSA) is 238 Å². The van der Waals surface area contributed by atoms with Crippen LogP contribution in [0.3, 0.4) is 0 Å². The van der Waals surface area contributed by atoms with Crippen LogP contribution in [0.5, 0.6) is 40.2 Å². The van der Waals surface area contributed by atoms with E-state index in [-0.39, 0.29) is 68.6 Å². The Morgan fingerprint density at radius 1 is 0.895 bits per heavy atom. The number of oxime groups is 1. The Labute approximate surface area is 440 Å². The van der Waals surface area contributed by atoms with Crippen LogP contribution in [0.15, 0.2) is 108 Å². The molecule has 0 aromatic heterocycles. The molecule has 404 valence electrons. The minimum atomic E-state index is -1.72. The van der Waals surface area contributed by atoms with Gasteiger partial charge in [0.15, 0.2) is 11.5 Å². The van der Waals surface area contributed by atoms with Gasteiger partial charge in [-0.1, -0.05) is 36.2 Å². The Bertz CT molecular complexity index is 2780. The number of carbonyl (C=O) groups excluding carboxylic acids is 2. The van der Waals surface area contributed by atoms with Gasteiger partial charge in [-0.25, -0.2) is 9.59 Å². The average Bonchev–Trinajstić information content (AvgIpc) is 4.02. The summed E-state index contributed by atoms with van der Waals surface area (Å²) in [4.78, 5) is 48.0. The van der Waals surface area contributed by atoms with Crippen molar-refractivity contribution < 1.29 is 72.2 Å². The summed E-state index contributed by atoms with van der Waals surface area (Å²) < 4.78 is 55.1. The number of fused-ring (bicyclic) bond motifs is 3. The number of amides is 2. The highest BCUT2D eigenvalue weighted by Crippen LogP contribution is 2.62. The Kier molecular flexibility index (Phi) is 17.2. The van der Waals surface area contributed by atoms with E-state index in [1.54, 1.807) is 54.6 Å². The number of allylic oxidation sites excluding steroid dienone is 1. The van der Waals surface area contributed by atoms with Crippen molar-refractivity contribution in [1.29, 1.82) is 0 Å². The van der Waals surface area contributed by atoms with Crippen LogP contribution in [-0.2, 0) is 20.9 Å². The Balaban J connectivity index is 1.21. The lowest BCUT2D eigenvalue weighted by molar-refractivity contribution is -0.384. The molecule has 20 nitrogen and oxygen atoms in total. The first-order chi connectivity index (χ1) is 37.1. The van der Waals surface area contributed by atoms with Crippen molar-refractivity contribution in [1.82, 2.24) is 4.90 Å². The molecule has 7 atom stereocenters. The van der Waals surface area contributed by atoms with E-state index in [9.17, 15) is 25.1 Å². The summed E-state index contributed by atoms with van der Waals surface area (Å²) in [5.41, 5.74) is 2.80. The molecule has 2 fully saturated rings. The van der Waals surface area contributed by atoms with Gasteiger partial charge in [0.2, 0.25) is 18.9 Å². The minimum absolute atomic E-state index is 0.0135. The van der Waals surface area contributed by atoms with E-state index in [1.165, 1.54) is 43.4 Å². The molecule has 2 amide bonds. The van der Waals surface area contributed by atoms with E-state index >= 15 is 4.79 Å². The highest BCUT2D eigenvalue weighted by Gasteiger charge is 2.66. The summed E-state index contributed by atoms with van der Waals surface area (Å²) in [7, 11) is 3.01. The number of hydrogen-bond donors (Lipinski definition) is 3. The molecule has 76 heavy (non-hydrogen) atoms. The molecule has 20 heteroatoms. The number of non-ortho nitro benzene ring substituents is 1. The number of unbranched alkanes of at least 4 members (excludes halogenated alkanes) is 2. The van der Waals surface area contributed by atoms with Gasteiger partial charge in [0.25, 0.3) is 5.69 Å². The highest BCUT2D eigenvalue weighted by atomic mass is 16.8. The molecule has 4 aromatic carbocycles. The number of benzene rings is 4. The first-order valence-corrected chi connectivity index (χ1v) is 25.7. The van der Waals surface area contributed by atoms with Crippen molar-refractivity contribution in [2.75, 3.05) is 52.8 Å². The number of hydrogen-bond acceptors (Lipinski definition) is 17. The third kappa shape index (κ3) is 11.7. The normalized spacial score (nSPS) is 23.4. The molecule has 1 saturated heterocycles. The van der Waals surface area contributed by atoms with E-state index in [2.05, 4.69) is 18.0 Å². The summed E-state index contributed by atoms with van der Waals surface area (Å²) in [5, 5.41) is 39.6. The third-order valence-electron chi connectivity index (χ3n) is 14.6. The van der Waals surface area contributed by atoms with Gasteiger partial charge >= 0.3 is 12.2 Å². The first-order valence-electron chi connectivity index (χ1n) is 25.7. The fraction of sp³-hybridized carbons (Fsp3) is 0.446. The molecule has 0 radical (unpaired) electrons. The molecule has 1 saturated carbocycles. The second-order valence-electron chi connectivity index (χ2n) is 19.2. The monoisotopic (exact) mass is 1050 g/mol. The number of nitrogens with zero attached hydrogens (tertiary/aromatic N) is 3. The van der Waals surface area contributed by atoms with Crippen LogP contribution < -0.4 is 38.5 Å². The largest absolute Gasteiger partial charge is 0.497 e. The molecule has 0 bridgehead atoms. The lowest BCUT2D eigenvalue weighted by Crippen LogP contribution is -2.70. The Morgan fingerprint density at radius 2 is 1.66 bits per heavy atom. The van der Waals surface area contributed by atoms with Crippen LogP contribution in [-0.4, -0.2) is 103 Å². The quantitative estimate of drug-likeness (QED) is 0.0287. The van der Waals surface area contributed by atoms with Crippen LogP contribution >= 0.6 is 0 Å². The van der Waals surface area contributed by atoms with Gasteiger partial charge in [0, 0.05) is 62.3 Å². The molecular weight excluding hydrogens is 985 g/mol. The average molecular weight is 1050 g/mol. The van der Waals surface area contributed by atoms with Gasteiger partial charge in [0.05, 0.1) is 49.7 Å². The van der Waals surface area contributed by atoms with Crippen LogP contribution in [0.4, 0.5) is 21.0 Å². The van der Waals surface area contributed by atoms with Gasteiger partial charge in [-0.15, -0.1) is 6.58 Å².